The van der Waals surface area contributed by atoms with E-state index >= 15 is 0 Å². The number of amides is 1. The molecule has 0 aliphatic heterocycles. The Labute approximate surface area is 139 Å². The molecule has 0 aliphatic rings. The summed E-state index contributed by atoms with van der Waals surface area (Å²) in [6.07, 6.45) is 1.53. The van der Waals surface area contributed by atoms with E-state index in [1.807, 2.05) is 25.1 Å². The first-order valence-corrected chi connectivity index (χ1v) is 7.40. The first-order chi connectivity index (χ1) is 11.6. The number of nitrogens with one attached hydrogen (secondary N) is 1. The third-order valence-corrected chi connectivity index (χ3v) is 3.72. The fraction of sp³-hybridized carbons (Fsp3) is 0.0526. The van der Waals surface area contributed by atoms with Crippen LogP contribution in [0.1, 0.15) is 15.9 Å². The van der Waals surface area contributed by atoms with Crippen LogP contribution in [0.25, 0.3) is 11.1 Å². The molecule has 0 atom stereocenters. The van der Waals surface area contributed by atoms with Crippen LogP contribution in [0, 0.1) is 6.92 Å². The number of anilines is 1. The van der Waals surface area contributed by atoms with Crippen LogP contribution < -0.4 is 5.32 Å². The minimum absolute atomic E-state index is 0.190. The van der Waals surface area contributed by atoms with Crippen molar-refractivity contribution >= 4 is 11.7 Å². The lowest BCUT2D eigenvalue weighted by atomic mass is 10.1. The van der Waals surface area contributed by atoms with Gasteiger partial charge >= 0.3 is 0 Å². The van der Waals surface area contributed by atoms with Crippen molar-refractivity contribution in [1.29, 1.82) is 0 Å². The number of carbonyl (C=O) groups is 1. The molecule has 0 bridgehead atoms. The number of benzene rings is 2. The van der Waals surface area contributed by atoms with Crippen LogP contribution in [-0.2, 0) is 0 Å². The largest absolute Gasteiger partial charge is 0.504 e. The molecule has 24 heavy (non-hydrogen) atoms. The van der Waals surface area contributed by atoms with Crippen molar-refractivity contribution in [3.05, 3.63) is 71.9 Å². The van der Waals surface area contributed by atoms with Crippen LogP contribution in [0.15, 0.2) is 60.8 Å². The maximum Gasteiger partial charge on any atom is 0.257 e. The molecule has 5 nitrogen and oxygen atoms in total. The molecule has 0 aliphatic carbocycles. The Bertz CT molecular complexity index is 889. The van der Waals surface area contributed by atoms with Crippen molar-refractivity contribution in [2.45, 2.75) is 6.92 Å². The maximum absolute atomic E-state index is 12.3. The van der Waals surface area contributed by atoms with E-state index in [-0.39, 0.29) is 17.4 Å². The van der Waals surface area contributed by atoms with Gasteiger partial charge in [-0.05, 0) is 36.8 Å². The smallest absolute Gasteiger partial charge is 0.257 e. The highest BCUT2D eigenvalue weighted by molar-refractivity contribution is 6.04. The number of aromatic nitrogens is 1. The maximum atomic E-state index is 12.3. The topological polar surface area (TPSA) is 82.5 Å². The first-order valence-electron chi connectivity index (χ1n) is 7.40. The number of para-hydroxylation sites is 1. The summed E-state index contributed by atoms with van der Waals surface area (Å²) in [6.45, 7) is 1.87. The van der Waals surface area contributed by atoms with Gasteiger partial charge in [-0.2, -0.15) is 0 Å². The van der Waals surface area contributed by atoms with Crippen molar-refractivity contribution in [2.75, 3.05) is 5.32 Å². The molecule has 3 aromatic rings. The van der Waals surface area contributed by atoms with Crippen molar-refractivity contribution in [3.63, 3.8) is 0 Å². The van der Waals surface area contributed by atoms with Crippen LogP contribution >= 0.6 is 0 Å². The molecule has 5 heteroatoms. The monoisotopic (exact) mass is 320 g/mol. The van der Waals surface area contributed by atoms with E-state index < -0.39 is 0 Å². The summed E-state index contributed by atoms with van der Waals surface area (Å²) in [5.41, 5.74) is 2.59. The first kappa shape index (κ1) is 15.6. The number of aryl methyl sites for hydroxylation is 1. The van der Waals surface area contributed by atoms with Gasteiger partial charge in [-0.25, -0.2) is 4.98 Å². The van der Waals surface area contributed by atoms with Crippen molar-refractivity contribution < 1.29 is 15.0 Å². The highest BCUT2D eigenvalue weighted by Gasteiger charge is 2.11. The normalized spacial score (nSPS) is 10.4. The quantitative estimate of drug-likeness (QED) is 0.642. The second-order valence-corrected chi connectivity index (χ2v) is 5.37. The minimum Gasteiger partial charge on any atom is -0.504 e. The summed E-state index contributed by atoms with van der Waals surface area (Å²) >= 11 is 0. The Kier molecular flexibility index (Phi) is 4.16. The highest BCUT2D eigenvalue weighted by atomic mass is 16.3. The standard InChI is InChI=1S/C19H16N2O3/c1-12-5-2-3-6-14(12)19(24)21-17-10-9-13(11-20-17)15-7-4-8-16(22)18(15)23/h2-11,22-23H,1H3,(H,20,21,24). The molecule has 0 saturated carbocycles. The molecule has 0 radical (unpaired) electrons. The van der Waals surface area contributed by atoms with E-state index in [0.29, 0.717) is 22.5 Å². The SMILES string of the molecule is Cc1ccccc1C(=O)Nc1ccc(-c2cccc(O)c2O)cn1. The van der Waals surface area contributed by atoms with Gasteiger partial charge in [0.05, 0.1) is 0 Å². The molecule has 0 fully saturated rings. The number of nitrogens with zero attached hydrogens (tertiary/aromatic N) is 1. The predicted octanol–water partition coefficient (Wildman–Crippen LogP) is 3.72. The van der Waals surface area contributed by atoms with Crippen LogP contribution in [0.3, 0.4) is 0 Å². The molecule has 0 unspecified atom stereocenters. The number of carbonyl (C=O) groups excluding carboxylic acids is 1. The van der Waals surface area contributed by atoms with Gasteiger partial charge in [0, 0.05) is 22.9 Å². The van der Waals surface area contributed by atoms with Gasteiger partial charge < -0.3 is 15.5 Å². The Balaban J connectivity index is 1.81. The number of hydrogen-bond donors (Lipinski definition) is 3. The molecular weight excluding hydrogens is 304 g/mol. The summed E-state index contributed by atoms with van der Waals surface area (Å²) in [6, 6.07) is 15.4. The summed E-state index contributed by atoms with van der Waals surface area (Å²) in [5.74, 6) is -0.208. The molecule has 1 heterocycles. The average molecular weight is 320 g/mol. The minimum atomic E-state index is -0.228. The van der Waals surface area contributed by atoms with Gasteiger partial charge in [0.2, 0.25) is 0 Å². The Morgan fingerprint density at radius 3 is 2.50 bits per heavy atom. The predicted molar refractivity (Wildman–Crippen MR) is 92.1 cm³/mol. The van der Waals surface area contributed by atoms with Crippen LogP contribution in [0.4, 0.5) is 5.82 Å². The van der Waals surface area contributed by atoms with E-state index in [4.69, 9.17) is 0 Å². The van der Waals surface area contributed by atoms with Gasteiger partial charge in [-0.1, -0.05) is 30.3 Å². The van der Waals surface area contributed by atoms with Crippen LogP contribution in [0.2, 0.25) is 0 Å². The second-order valence-electron chi connectivity index (χ2n) is 5.37. The molecule has 3 N–H and O–H groups in total. The zero-order valence-electron chi connectivity index (χ0n) is 13.0. The lowest BCUT2D eigenvalue weighted by Crippen LogP contribution is -2.14. The summed E-state index contributed by atoms with van der Waals surface area (Å²) in [4.78, 5) is 16.5. The number of phenols is 2. The van der Waals surface area contributed by atoms with E-state index in [1.165, 1.54) is 12.3 Å². The highest BCUT2D eigenvalue weighted by Crippen LogP contribution is 2.35. The number of pyridine rings is 1. The van der Waals surface area contributed by atoms with Crippen LogP contribution in [-0.4, -0.2) is 21.1 Å². The van der Waals surface area contributed by atoms with Crippen LogP contribution in [0.5, 0.6) is 11.5 Å². The second kappa shape index (κ2) is 6.42. The van der Waals surface area contributed by atoms with Gasteiger partial charge in [0.15, 0.2) is 11.5 Å². The van der Waals surface area contributed by atoms with Crippen molar-refractivity contribution in [1.82, 2.24) is 4.98 Å². The fourth-order valence-corrected chi connectivity index (χ4v) is 2.40. The van der Waals surface area contributed by atoms with Gasteiger partial charge in [-0.3, -0.25) is 4.79 Å². The molecule has 120 valence electrons. The average Bonchev–Trinajstić information content (AvgIpc) is 2.58. The summed E-state index contributed by atoms with van der Waals surface area (Å²) < 4.78 is 0. The van der Waals surface area contributed by atoms with Crippen molar-refractivity contribution in [2.24, 2.45) is 0 Å². The lowest BCUT2D eigenvalue weighted by Gasteiger charge is -2.09. The van der Waals surface area contributed by atoms with Gasteiger partial charge in [0.25, 0.3) is 5.91 Å². The molecule has 0 spiro atoms. The third-order valence-electron chi connectivity index (χ3n) is 3.72. The molecule has 1 aromatic heterocycles. The zero-order valence-corrected chi connectivity index (χ0v) is 13.0. The van der Waals surface area contributed by atoms with Crippen molar-refractivity contribution in [3.8, 4) is 22.6 Å². The Morgan fingerprint density at radius 2 is 1.79 bits per heavy atom. The summed E-state index contributed by atoms with van der Waals surface area (Å²) in [5, 5.41) is 22.2. The molecule has 2 aromatic carbocycles. The Morgan fingerprint density at radius 1 is 1.00 bits per heavy atom. The lowest BCUT2D eigenvalue weighted by molar-refractivity contribution is 0.102. The van der Waals surface area contributed by atoms with E-state index in [9.17, 15) is 15.0 Å². The molecule has 3 rings (SSSR count). The van der Waals surface area contributed by atoms with E-state index in [2.05, 4.69) is 10.3 Å². The number of hydrogen-bond acceptors (Lipinski definition) is 4. The zero-order chi connectivity index (χ0) is 17.1. The molecular formula is C19H16N2O3. The van der Waals surface area contributed by atoms with E-state index in [0.717, 1.165) is 5.56 Å². The number of rotatable bonds is 3. The number of aromatic hydroxyl groups is 2. The Hall–Kier alpha value is -3.34. The molecule has 1 amide bonds. The third kappa shape index (κ3) is 3.05. The number of phenolic OH excluding ortho intramolecular Hbond substituents is 2. The molecule has 0 saturated heterocycles. The van der Waals surface area contributed by atoms with Gasteiger partial charge in [-0.15, -0.1) is 0 Å². The summed E-state index contributed by atoms with van der Waals surface area (Å²) in [7, 11) is 0. The van der Waals surface area contributed by atoms with E-state index in [1.54, 1.807) is 30.3 Å². The van der Waals surface area contributed by atoms with Gasteiger partial charge in [0.1, 0.15) is 5.82 Å². The fourth-order valence-electron chi connectivity index (χ4n) is 2.40.